The van der Waals surface area contributed by atoms with Crippen LogP contribution < -0.4 is 10.1 Å². The molecule has 0 saturated carbocycles. The van der Waals surface area contributed by atoms with Gasteiger partial charge >= 0.3 is 0 Å². The maximum atomic E-state index is 12.4. The molecule has 0 saturated heterocycles. The topological polar surface area (TPSA) is 69.0 Å². The third kappa shape index (κ3) is 4.38. The Morgan fingerprint density at radius 1 is 0.912 bits per heavy atom. The summed E-state index contributed by atoms with van der Waals surface area (Å²) in [5, 5.41) is 8.70. The largest absolute Gasteiger partial charge is 0.467 e. The second-order valence-electron chi connectivity index (χ2n) is 8.14. The highest BCUT2D eigenvalue weighted by Crippen LogP contribution is 2.33. The van der Waals surface area contributed by atoms with E-state index in [0.717, 1.165) is 39.1 Å². The van der Waals surface area contributed by atoms with E-state index in [9.17, 15) is 4.79 Å². The van der Waals surface area contributed by atoms with Gasteiger partial charge in [0, 0.05) is 17.3 Å². The minimum absolute atomic E-state index is 0.142. The Balaban J connectivity index is 1.48. The average Bonchev–Trinajstić information content (AvgIpc) is 3.25. The van der Waals surface area contributed by atoms with Crippen LogP contribution in [0.2, 0.25) is 0 Å². The van der Waals surface area contributed by atoms with E-state index in [2.05, 4.69) is 5.32 Å². The summed E-state index contributed by atoms with van der Waals surface area (Å²) in [7, 11) is 0. The maximum Gasteiger partial charge on any atom is 0.262 e. The van der Waals surface area contributed by atoms with E-state index in [1.807, 2.05) is 110 Å². The Hall–Kier alpha value is -4.45. The Morgan fingerprint density at radius 2 is 1.59 bits per heavy atom. The molecule has 2 heterocycles. The molecule has 0 unspecified atom stereocenters. The van der Waals surface area contributed by atoms with E-state index in [4.69, 9.17) is 14.8 Å². The van der Waals surface area contributed by atoms with Gasteiger partial charge in [0.2, 0.25) is 5.88 Å². The molecular weight excluding hydrogens is 424 g/mol. The van der Waals surface area contributed by atoms with Crippen LogP contribution in [0, 0.1) is 13.8 Å². The molecule has 0 radical (unpaired) electrons. The number of ether oxygens (including phenoxy) is 1. The van der Waals surface area contributed by atoms with Crippen LogP contribution in [-0.4, -0.2) is 27.3 Å². The van der Waals surface area contributed by atoms with Gasteiger partial charge in [0.15, 0.2) is 12.3 Å². The number of para-hydroxylation sites is 1. The predicted molar refractivity (Wildman–Crippen MR) is 134 cm³/mol. The molecule has 0 bridgehead atoms. The molecule has 0 aliphatic rings. The first-order chi connectivity index (χ1) is 16.6. The summed E-state index contributed by atoms with van der Waals surface area (Å²) in [5.74, 6) is 0.130. The highest BCUT2D eigenvalue weighted by Gasteiger charge is 2.19. The fourth-order valence-corrected chi connectivity index (χ4v) is 3.86. The number of anilines is 1. The van der Waals surface area contributed by atoms with Gasteiger partial charge in [-0.3, -0.25) is 4.79 Å². The average molecular weight is 449 g/mol. The first kappa shape index (κ1) is 21.4. The van der Waals surface area contributed by atoms with Gasteiger partial charge in [0.25, 0.3) is 5.91 Å². The summed E-state index contributed by atoms with van der Waals surface area (Å²) in [6, 6.07) is 29.4. The van der Waals surface area contributed by atoms with Crippen LogP contribution in [0.4, 0.5) is 5.69 Å². The number of hydrogen-bond acceptors (Lipinski definition) is 4. The molecule has 1 N–H and O–H groups in total. The van der Waals surface area contributed by atoms with Gasteiger partial charge in [-0.2, -0.15) is 10.1 Å². The zero-order chi connectivity index (χ0) is 23.5. The lowest BCUT2D eigenvalue weighted by Gasteiger charge is -2.09. The second kappa shape index (κ2) is 9.19. The summed E-state index contributed by atoms with van der Waals surface area (Å²) in [6.07, 6.45) is 0. The number of benzene rings is 3. The summed E-state index contributed by atoms with van der Waals surface area (Å²) in [6.45, 7) is 3.87. The monoisotopic (exact) mass is 448 g/mol. The zero-order valence-electron chi connectivity index (χ0n) is 19.0. The van der Waals surface area contributed by atoms with Crippen molar-refractivity contribution in [2.75, 3.05) is 11.9 Å². The number of amides is 1. The molecule has 0 fully saturated rings. The van der Waals surface area contributed by atoms with Crippen LogP contribution in [0.5, 0.6) is 5.88 Å². The fourth-order valence-electron chi connectivity index (χ4n) is 3.86. The summed E-state index contributed by atoms with van der Waals surface area (Å²) in [5.41, 5.74) is 6.28. The predicted octanol–water partition coefficient (Wildman–Crippen LogP) is 5.72. The van der Waals surface area contributed by atoms with Crippen LogP contribution in [0.25, 0.3) is 28.0 Å². The number of hydrogen-bond donors (Lipinski definition) is 1. The van der Waals surface area contributed by atoms with Crippen molar-refractivity contribution < 1.29 is 9.53 Å². The number of pyridine rings is 1. The molecule has 5 rings (SSSR count). The van der Waals surface area contributed by atoms with E-state index < -0.39 is 0 Å². The van der Waals surface area contributed by atoms with Gasteiger partial charge in [-0.05, 0) is 43.7 Å². The summed E-state index contributed by atoms with van der Waals surface area (Å²) < 4.78 is 7.62. The lowest BCUT2D eigenvalue weighted by Crippen LogP contribution is -2.20. The van der Waals surface area contributed by atoms with E-state index in [1.54, 1.807) is 0 Å². The van der Waals surface area contributed by atoms with Crippen molar-refractivity contribution >= 4 is 22.6 Å². The van der Waals surface area contributed by atoms with Gasteiger partial charge in [0.1, 0.15) is 5.69 Å². The number of nitrogens with zero attached hydrogens (tertiary/aromatic N) is 3. The number of aryl methyl sites for hydroxylation is 2. The summed E-state index contributed by atoms with van der Waals surface area (Å²) >= 11 is 0. The molecule has 2 aromatic heterocycles. The quantitative estimate of drug-likeness (QED) is 0.361. The number of carbonyl (C=O) groups excluding carboxylic acids is 1. The first-order valence-corrected chi connectivity index (χ1v) is 11.1. The van der Waals surface area contributed by atoms with Crippen LogP contribution in [-0.2, 0) is 4.79 Å². The van der Waals surface area contributed by atoms with E-state index in [-0.39, 0.29) is 12.5 Å². The molecule has 3 aromatic carbocycles. The van der Waals surface area contributed by atoms with Crippen LogP contribution >= 0.6 is 0 Å². The highest BCUT2D eigenvalue weighted by molar-refractivity contribution is 5.95. The van der Waals surface area contributed by atoms with Gasteiger partial charge < -0.3 is 10.1 Å². The SMILES string of the molecule is Cc1ccc(NC(=O)COc2cc(C)c3c(-c4ccccc4)nn(-c4ccccc4)c3n2)cc1. The Labute approximate surface area is 197 Å². The Bertz CT molecular complexity index is 1440. The maximum absolute atomic E-state index is 12.4. The van der Waals surface area contributed by atoms with E-state index in [1.165, 1.54) is 0 Å². The molecule has 168 valence electrons. The van der Waals surface area contributed by atoms with Crippen LogP contribution in [0.1, 0.15) is 11.1 Å². The van der Waals surface area contributed by atoms with Crippen molar-refractivity contribution in [1.82, 2.24) is 14.8 Å². The van der Waals surface area contributed by atoms with Crippen molar-refractivity contribution in [3.8, 4) is 22.8 Å². The normalized spacial score (nSPS) is 10.9. The molecule has 34 heavy (non-hydrogen) atoms. The van der Waals surface area contributed by atoms with Crippen molar-refractivity contribution in [2.24, 2.45) is 0 Å². The van der Waals surface area contributed by atoms with Gasteiger partial charge in [-0.1, -0.05) is 66.2 Å². The summed E-state index contributed by atoms with van der Waals surface area (Å²) in [4.78, 5) is 17.2. The number of carbonyl (C=O) groups is 1. The molecule has 0 atom stereocenters. The lowest BCUT2D eigenvalue weighted by atomic mass is 10.1. The molecule has 1 amide bonds. The molecule has 0 spiro atoms. The van der Waals surface area contributed by atoms with Crippen LogP contribution in [0.3, 0.4) is 0 Å². The zero-order valence-corrected chi connectivity index (χ0v) is 19.0. The minimum atomic E-state index is -0.245. The van der Waals surface area contributed by atoms with Crippen LogP contribution in [0.15, 0.2) is 91.0 Å². The molecule has 6 nitrogen and oxygen atoms in total. The van der Waals surface area contributed by atoms with Crippen molar-refractivity contribution in [1.29, 1.82) is 0 Å². The highest BCUT2D eigenvalue weighted by atomic mass is 16.5. The fraction of sp³-hybridized carbons (Fsp3) is 0.107. The van der Waals surface area contributed by atoms with Gasteiger partial charge in [-0.25, -0.2) is 4.68 Å². The van der Waals surface area contributed by atoms with Crippen molar-refractivity contribution in [3.63, 3.8) is 0 Å². The standard InChI is InChI=1S/C28H24N4O2/c1-19-13-15-22(16-14-19)29-24(33)18-34-25-17-20(2)26-27(21-9-5-3-6-10-21)31-32(28(26)30-25)23-11-7-4-8-12-23/h3-17H,18H2,1-2H3,(H,29,33). The molecular formula is C28H24N4O2. The van der Waals surface area contributed by atoms with Gasteiger partial charge in [0.05, 0.1) is 11.1 Å². The van der Waals surface area contributed by atoms with Crippen molar-refractivity contribution in [2.45, 2.75) is 13.8 Å². The Morgan fingerprint density at radius 3 is 2.29 bits per heavy atom. The smallest absolute Gasteiger partial charge is 0.262 e. The number of nitrogens with one attached hydrogen (secondary N) is 1. The molecule has 0 aliphatic heterocycles. The second-order valence-corrected chi connectivity index (χ2v) is 8.14. The minimum Gasteiger partial charge on any atom is -0.467 e. The number of rotatable bonds is 6. The van der Waals surface area contributed by atoms with E-state index >= 15 is 0 Å². The Kier molecular flexibility index (Phi) is 5.79. The third-order valence-corrected chi connectivity index (χ3v) is 5.55. The molecule has 5 aromatic rings. The van der Waals surface area contributed by atoms with Crippen molar-refractivity contribution in [3.05, 3.63) is 102 Å². The molecule has 0 aliphatic carbocycles. The third-order valence-electron chi connectivity index (χ3n) is 5.55. The molecule has 6 heteroatoms. The first-order valence-electron chi connectivity index (χ1n) is 11.1. The number of fused-ring (bicyclic) bond motifs is 1. The number of aromatic nitrogens is 3. The van der Waals surface area contributed by atoms with Gasteiger partial charge in [-0.15, -0.1) is 0 Å². The lowest BCUT2D eigenvalue weighted by molar-refractivity contribution is -0.118. The van der Waals surface area contributed by atoms with E-state index in [0.29, 0.717) is 11.5 Å².